The van der Waals surface area contributed by atoms with Crippen LogP contribution in [0.4, 0.5) is 0 Å². The number of aryl methyl sites for hydroxylation is 1. The van der Waals surface area contributed by atoms with E-state index in [0.717, 1.165) is 36.0 Å². The number of esters is 1. The van der Waals surface area contributed by atoms with Crippen molar-refractivity contribution in [3.05, 3.63) is 41.0 Å². The summed E-state index contributed by atoms with van der Waals surface area (Å²) in [5.74, 6) is -0.207. The molecule has 0 heterocycles. The van der Waals surface area contributed by atoms with Crippen molar-refractivity contribution in [1.29, 1.82) is 0 Å². The lowest BCUT2D eigenvalue weighted by Crippen LogP contribution is -2.07. The van der Waals surface area contributed by atoms with Crippen molar-refractivity contribution in [2.24, 2.45) is 0 Å². The second kappa shape index (κ2) is 7.00. The molecule has 0 aliphatic heterocycles. The predicted octanol–water partition coefficient (Wildman–Crippen LogP) is 4.13. The minimum absolute atomic E-state index is 0.207. The van der Waals surface area contributed by atoms with Crippen LogP contribution in [0.25, 0.3) is 5.57 Å². The third-order valence-electron chi connectivity index (χ3n) is 3.15. The van der Waals surface area contributed by atoms with E-state index >= 15 is 0 Å². The topological polar surface area (TPSA) is 26.3 Å². The number of methoxy groups -OCH3 is 1. The van der Waals surface area contributed by atoms with E-state index in [1.807, 2.05) is 6.92 Å². The van der Waals surface area contributed by atoms with Crippen molar-refractivity contribution in [2.75, 3.05) is 7.11 Å². The molecular weight excluding hydrogens is 224 g/mol. The van der Waals surface area contributed by atoms with Crippen molar-refractivity contribution < 1.29 is 9.53 Å². The van der Waals surface area contributed by atoms with Crippen molar-refractivity contribution in [3.8, 4) is 0 Å². The first-order valence-corrected chi connectivity index (χ1v) is 6.45. The summed E-state index contributed by atoms with van der Waals surface area (Å²) in [7, 11) is 1.44. The van der Waals surface area contributed by atoms with Crippen LogP contribution >= 0.6 is 0 Å². The van der Waals surface area contributed by atoms with Crippen molar-refractivity contribution >= 4 is 11.5 Å². The molecule has 1 aromatic carbocycles. The lowest BCUT2D eigenvalue weighted by Gasteiger charge is -2.10. The number of carbonyl (C=O) groups excluding carboxylic acids is 1. The Morgan fingerprint density at radius 1 is 1.22 bits per heavy atom. The van der Waals surface area contributed by atoms with E-state index in [9.17, 15) is 4.79 Å². The maximum Gasteiger partial charge on any atom is 0.334 e. The predicted molar refractivity (Wildman–Crippen MR) is 75.3 cm³/mol. The number of allylic oxidation sites excluding steroid dienone is 1. The Bertz CT molecular complexity index is 427. The van der Waals surface area contributed by atoms with Crippen LogP contribution in [-0.4, -0.2) is 13.1 Å². The number of rotatable bonds is 5. The van der Waals surface area contributed by atoms with Crippen molar-refractivity contribution in [3.63, 3.8) is 0 Å². The monoisotopic (exact) mass is 246 g/mol. The molecule has 0 saturated carbocycles. The highest BCUT2D eigenvalue weighted by atomic mass is 16.5. The second-order valence-corrected chi connectivity index (χ2v) is 4.56. The van der Waals surface area contributed by atoms with Crippen LogP contribution in [0.5, 0.6) is 0 Å². The zero-order valence-electron chi connectivity index (χ0n) is 11.7. The van der Waals surface area contributed by atoms with E-state index < -0.39 is 0 Å². The van der Waals surface area contributed by atoms with E-state index in [-0.39, 0.29) is 5.97 Å². The van der Waals surface area contributed by atoms with Gasteiger partial charge in [0.2, 0.25) is 0 Å². The molecule has 0 unspecified atom stereocenters. The largest absolute Gasteiger partial charge is 0.466 e. The van der Waals surface area contributed by atoms with Crippen molar-refractivity contribution in [1.82, 2.24) is 0 Å². The Labute approximate surface area is 110 Å². The smallest absolute Gasteiger partial charge is 0.334 e. The maximum absolute atomic E-state index is 11.8. The third kappa shape index (κ3) is 3.73. The number of benzene rings is 1. The molecule has 1 aromatic rings. The summed E-state index contributed by atoms with van der Waals surface area (Å²) in [6.07, 6.45) is 2.86. The molecule has 0 N–H and O–H groups in total. The average Bonchev–Trinajstić information content (AvgIpc) is 2.39. The summed E-state index contributed by atoms with van der Waals surface area (Å²) in [5.41, 5.74) is 4.13. The van der Waals surface area contributed by atoms with Gasteiger partial charge in [0.05, 0.1) is 7.11 Å². The van der Waals surface area contributed by atoms with Gasteiger partial charge in [-0.25, -0.2) is 4.79 Å². The average molecular weight is 246 g/mol. The number of hydrogen-bond acceptors (Lipinski definition) is 2. The summed E-state index contributed by atoms with van der Waals surface area (Å²) < 4.78 is 4.88. The van der Waals surface area contributed by atoms with Crippen LogP contribution in [-0.2, 0) is 9.53 Å². The van der Waals surface area contributed by atoms with Gasteiger partial charge in [0.15, 0.2) is 0 Å². The molecule has 98 valence electrons. The zero-order chi connectivity index (χ0) is 13.5. The molecule has 0 aliphatic carbocycles. The minimum atomic E-state index is -0.207. The first-order valence-electron chi connectivity index (χ1n) is 6.45. The molecule has 0 amide bonds. The Balaban J connectivity index is 3.08. The molecule has 0 fully saturated rings. The Morgan fingerprint density at radius 3 is 2.33 bits per heavy atom. The van der Waals surface area contributed by atoms with Gasteiger partial charge in [-0.2, -0.15) is 0 Å². The van der Waals surface area contributed by atoms with Gasteiger partial charge in [-0.15, -0.1) is 0 Å². The maximum atomic E-state index is 11.8. The lowest BCUT2D eigenvalue weighted by atomic mass is 9.97. The van der Waals surface area contributed by atoms with Crippen LogP contribution in [0.3, 0.4) is 0 Å². The number of ether oxygens (including phenoxy) is 1. The first kappa shape index (κ1) is 14.5. The summed E-state index contributed by atoms with van der Waals surface area (Å²) >= 11 is 0. The van der Waals surface area contributed by atoms with Gasteiger partial charge in [0.25, 0.3) is 0 Å². The number of unbranched alkanes of at least 4 members (excludes halogenated alkanes) is 1. The van der Waals surface area contributed by atoms with Gasteiger partial charge in [-0.1, -0.05) is 43.2 Å². The molecular formula is C16H22O2. The van der Waals surface area contributed by atoms with E-state index in [1.165, 1.54) is 12.7 Å². The molecule has 0 aromatic heterocycles. The molecule has 0 atom stereocenters. The normalized spacial score (nSPS) is 12.0. The molecule has 2 nitrogen and oxygen atoms in total. The summed E-state index contributed by atoms with van der Waals surface area (Å²) in [5, 5.41) is 0. The fourth-order valence-corrected chi connectivity index (χ4v) is 1.90. The standard InChI is InChI=1S/C16H22O2/c1-5-6-7-15(16(17)18-4)13(3)14-10-8-12(2)9-11-14/h8-11H,5-7H2,1-4H3/b15-13+. The molecule has 0 radical (unpaired) electrons. The van der Waals surface area contributed by atoms with E-state index in [0.29, 0.717) is 0 Å². The Morgan fingerprint density at radius 2 is 1.83 bits per heavy atom. The molecule has 2 heteroatoms. The Hall–Kier alpha value is -1.57. The molecule has 0 aliphatic rings. The van der Waals surface area contributed by atoms with Gasteiger partial charge in [0, 0.05) is 5.57 Å². The quantitative estimate of drug-likeness (QED) is 0.576. The van der Waals surface area contributed by atoms with Crippen LogP contribution < -0.4 is 0 Å². The first-order chi connectivity index (χ1) is 8.60. The molecule has 18 heavy (non-hydrogen) atoms. The molecule has 0 bridgehead atoms. The van der Waals surface area contributed by atoms with E-state index in [1.54, 1.807) is 0 Å². The van der Waals surface area contributed by atoms with E-state index in [2.05, 4.69) is 38.1 Å². The van der Waals surface area contributed by atoms with Gasteiger partial charge in [-0.3, -0.25) is 0 Å². The molecule has 0 spiro atoms. The van der Waals surface area contributed by atoms with Crippen LogP contribution in [0.2, 0.25) is 0 Å². The number of carbonyl (C=O) groups is 1. The van der Waals surface area contributed by atoms with Crippen LogP contribution in [0, 0.1) is 6.92 Å². The highest BCUT2D eigenvalue weighted by molar-refractivity contribution is 5.97. The number of hydrogen-bond donors (Lipinski definition) is 0. The zero-order valence-corrected chi connectivity index (χ0v) is 11.7. The van der Waals surface area contributed by atoms with Gasteiger partial charge in [0.1, 0.15) is 0 Å². The van der Waals surface area contributed by atoms with Gasteiger partial charge < -0.3 is 4.74 Å². The Kier molecular flexibility index (Phi) is 5.63. The van der Waals surface area contributed by atoms with Crippen LogP contribution in [0.1, 0.15) is 44.2 Å². The lowest BCUT2D eigenvalue weighted by molar-refractivity contribution is -0.136. The third-order valence-corrected chi connectivity index (χ3v) is 3.15. The minimum Gasteiger partial charge on any atom is -0.466 e. The highest BCUT2D eigenvalue weighted by Crippen LogP contribution is 2.23. The highest BCUT2D eigenvalue weighted by Gasteiger charge is 2.13. The fourth-order valence-electron chi connectivity index (χ4n) is 1.90. The molecule has 0 saturated heterocycles. The van der Waals surface area contributed by atoms with Crippen molar-refractivity contribution in [2.45, 2.75) is 40.0 Å². The van der Waals surface area contributed by atoms with Gasteiger partial charge in [-0.05, 0) is 37.8 Å². The summed E-state index contributed by atoms with van der Waals surface area (Å²) in [6, 6.07) is 8.24. The summed E-state index contributed by atoms with van der Waals surface area (Å²) in [6.45, 7) is 6.17. The van der Waals surface area contributed by atoms with Crippen LogP contribution in [0.15, 0.2) is 29.8 Å². The molecule has 1 rings (SSSR count). The van der Waals surface area contributed by atoms with Gasteiger partial charge >= 0.3 is 5.97 Å². The fraction of sp³-hybridized carbons (Fsp3) is 0.438. The second-order valence-electron chi connectivity index (χ2n) is 4.56. The SMILES string of the molecule is CCCC/C(C(=O)OC)=C(/C)c1ccc(C)cc1. The van der Waals surface area contributed by atoms with E-state index in [4.69, 9.17) is 4.74 Å². The summed E-state index contributed by atoms with van der Waals surface area (Å²) in [4.78, 5) is 11.8.